The highest BCUT2D eigenvalue weighted by molar-refractivity contribution is 5.86. The predicted molar refractivity (Wildman–Crippen MR) is 208 cm³/mol. The zero-order chi connectivity index (χ0) is 34.7. The smallest absolute Gasteiger partial charge is 0.195 e. The molecule has 2 aromatic heterocycles. The van der Waals surface area contributed by atoms with Gasteiger partial charge in [0, 0.05) is 86.4 Å². The molecule has 0 radical (unpaired) electrons. The SMILES string of the molecule is CN(C)C(=NCCCN(Cc1ccc2cc(CN(Cc3ccccn3)Cc3ccccn3)ccc2c1)Cc1cccc2ccccc12)N(C)C. The van der Waals surface area contributed by atoms with Gasteiger partial charge in [-0.15, -0.1) is 0 Å². The number of aromatic nitrogens is 2. The molecular weight excluding hydrogens is 615 g/mol. The van der Waals surface area contributed by atoms with Gasteiger partial charge in [0.25, 0.3) is 0 Å². The molecule has 0 aliphatic heterocycles. The van der Waals surface area contributed by atoms with Crippen molar-refractivity contribution in [3.63, 3.8) is 0 Å². The first-order chi connectivity index (χ1) is 24.4. The van der Waals surface area contributed by atoms with Gasteiger partial charge in [-0.25, -0.2) is 0 Å². The van der Waals surface area contributed by atoms with Gasteiger partial charge in [0.05, 0.1) is 11.4 Å². The maximum absolute atomic E-state index is 4.91. The zero-order valence-corrected chi connectivity index (χ0v) is 29.9. The molecular formula is C43H49N7. The van der Waals surface area contributed by atoms with Crippen LogP contribution in [-0.4, -0.2) is 76.8 Å². The van der Waals surface area contributed by atoms with Crippen LogP contribution in [0.4, 0.5) is 0 Å². The van der Waals surface area contributed by atoms with E-state index < -0.39 is 0 Å². The summed E-state index contributed by atoms with van der Waals surface area (Å²) >= 11 is 0. The van der Waals surface area contributed by atoms with Crippen LogP contribution >= 0.6 is 0 Å². The monoisotopic (exact) mass is 663 g/mol. The summed E-state index contributed by atoms with van der Waals surface area (Å²) in [5.74, 6) is 0.996. The van der Waals surface area contributed by atoms with Gasteiger partial charge in [0.15, 0.2) is 5.96 Å². The molecule has 7 heteroatoms. The molecule has 6 aromatic rings. The standard InChI is InChI=1S/C43H49N7/c1-47(2)43(48(3)4)46-25-12-26-49(31-39-15-11-14-36-13-5-6-18-42(36)39)29-34-19-21-38-28-35(20-22-37(38)27-34)30-50(32-40-16-7-9-23-44-40)33-41-17-8-10-24-45-41/h5-11,13-24,27-28H,12,25-26,29-33H2,1-4H3. The van der Waals surface area contributed by atoms with Crippen LogP contribution in [0.3, 0.4) is 0 Å². The van der Waals surface area contributed by atoms with E-state index in [1.54, 1.807) is 0 Å². The van der Waals surface area contributed by atoms with Crippen molar-refractivity contribution in [3.05, 3.63) is 156 Å². The maximum atomic E-state index is 4.91. The van der Waals surface area contributed by atoms with Crippen molar-refractivity contribution >= 4 is 27.5 Å². The highest BCUT2D eigenvalue weighted by atomic mass is 15.3. The van der Waals surface area contributed by atoms with Gasteiger partial charge in [-0.1, -0.05) is 78.9 Å². The summed E-state index contributed by atoms with van der Waals surface area (Å²) < 4.78 is 0. The number of guanidine groups is 1. The summed E-state index contributed by atoms with van der Waals surface area (Å²) in [6.07, 6.45) is 4.72. The Morgan fingerprint density at radius 1 is 0.540 bits per heavy atom. The fraction of sp³-hybridized carbons (Fsp3) is 0.279. The topological polar surface area (TPSA) is 51.1 Å². The Bertz CT molecular complexity index is 1930. The molecule has 2 heterocycles. The minimum Gasteiger partial charge on any atom is -0.349 e. The van der Waals surface area contributed by atoms with Gasteiger partial charge in [0.1, 0.15) is 0 Å². The molecule has 50 heavy (non-hydrogen) atoms. The lowest BCUT2D eigenvalue weighted by molar-refractivity contribution is 0.242. The van der Waals surface area contributed by atoms with E-state index in [1.807, 2.05) is 24.5 Å². The Kier molecular flexibility index (Phi) is 11.8. The highest BCUT2D eigenvalue weighted by Gasteiger charge is 2.13. The number of nitrogens with zero attached hydrogens (tertiary/aromatic N) is 7. The summed E-state index contributed by atoms with van der Waals surface area (Å²) in [4.78, 5) is 23.2. The first kappa shape index (κ1) is 34.7. The molecule has 0 amide bonds. The number of rotatable bonds is 14. The molecule has 0 unspecified atom stereocenters. The van der Waals surface area contributed by atoms with Crippen molar-refractivity contribution in [2.75, 3.05) is 41.3 Å². The van der Waals surface area contributed by atoms with Crippen LogP contribution in [0.5, 0.6) is 0 Å². The molecule has 0 saturated heterocycles. The van der Waals surface area contributed by atoms with Gasteiger partial charge in [-0.3, -0.25) is 24.8 Å². The Morgan fingerprint density at radius 3 is 1.72 bits per heavy atom. The number of benzene rings is 4. The van der Waals surface area contributed by atoms with Gasteiger partial charge in [-0.05, 0) is 81.1 Å². The fourth-order valence-electron chi connectivity index (χ4n) is 6.71. The molecule has 0 N–H and O–H groups in total. The fourth-order valence-corrected chi connectivity index (χ4v) is 6.71. The second-order valence-electron chi connectivity index (χ2n) is 13.5. The van der Waals surface area contributed by atoms with Crippen LogP contribution in [0.1, 0.15) is 34.5 Å². The van der Waals surface area contributed by atoms with Crippen LogP contribution in [0.2, 0.25) is 0 Å². The largest absolute Gasteiger partial charge is 0.349 e. The Labute approximate surface area is 297 Å². The summed E-state index contributed by atoms with van der Waals surface area (Å²) in [5, 5.41) is 5.14. The Morgan fingerprint density at radius 2 is 1.12 bits per heavy atom. The van der Waals surface area contributed by atoms with Gasteiger partial charge in [0.2, 0.25) is 0 Å². The van der Waals surface area contributed by atoms with E-state index in [1.165, 1.54) is 38.2 Å². The molecule has 4 aromatic carbocycles. The third-order valence-corrected chi connectivity index (χ3v) is 8.96. The van der Waals surface area contributed by atoms with Gasteiger partial charge < -0.3 is 9.80 Å². The third kappa shape index (κ3) is 9.53. The first-order valence-corrected chi connectivity index (χ1v) is 17.5. The molecule has 0 atom stereocenters. The van der Waals surface area contributed by atoms with Gasteiger partial charge in [-0.2, -0.15) is 0 Å². The van der Waals surface area contributed by atoms with Crippen molar-refractivity contribution in [1.29, 1.82) is 0 Å². The predicted octanol–water partition coefficient (Wildman–Crippen LogP) is 7.86. The number of hydrogen-bond donors (Lipinski definition) is 0. The number of fused-ring (bicyclic) bond motifs is 2. The van der Waals surface area contributed by atoms with Gasteiger partial charge >= 0.3 is 0 Å². The summed E-state index contributed by atoms with van der Waals surface area (Å²) in [6.45, 7) is 5.85. The molecule has 0 fully saturated rings. The van der Waals surface area contributed by atoms with E-state index in [4.69, 9.17) is 4.99 Å². The lowest BCUT2D eigenvalue weighted by Gasteiger charge is -2.25. The van der Waals surface area contributed by atoms with Crippen LogP contribution < -0.4 is 0 Å². The molecule has 0 bridgehead atoms. The maximum Gasteiger partial charge on any atom is 0.195 e. The van der Waals surface area contributed by atoms with Crippen molar-refractivity contribution in [3.8, 4) is 0 Å². The number of aliphatic imine (C=N–C) groups is 1. The van der Waals surface area contributed by atoms with E-state index in [2.05, 4.69) is 161 Å². The molecule has 0 saturated carbocycles. The molecule has 6 rings (SSSR count). The highest BCUT2D eigenvalue weighted by Crippen LogP contribution is 2.24. The summed E-state index contributed by atoms with van der Waals surface area (Å²) in [5.41, 5.74) is 6.09. The molecule has 256 valence electrons. The molecule has 7 nitrogen and oxygen atoms in total. The van der Waals surface area contributed by atoms with E-state index in [0.717, 1.165) is 69.6 Å². The average Bonchev–Trinajstić information content (AvgIpc) is 3.12. The second-order valence-corrected chi connectivity index (χ2v) is 13.5. The van der Waals surface area contributed by atoms with Crippen LogP contribution in [0.25, 0.3) is 21.5 Å². The average molecular weight is 664 g/mol. The van der Waals surface area contributed by atoms with E-state index in [-0.39, 0.29) is 0 Å². The van der Waals surface area contributed by atoms with Crippen molar-refractivity contribution in [2.45, 2.75) is 39.1 Å². The zero-order valence-electron chi connectivity index (χ0n) is 29.9. The lowest BCUT2D eigenvalue weighted by atomic mass is 10.0. The minimum atomic E-state index is 0.762. The Balaban J connectivity index is 1.19. The normalized spacial score (nSPS) is 11.4. The van der Waals surface area contributed by atoms with Crippen LogP contribution in [-0.2, 0) is 32.7 Å². The first-order valence-electron chi connectivity index (χ1n) is 17.5. The lowest BCUT2D eigenvalue weighted by Crippen LogP contribution is -2.35. The Hall–Kier alpha value is -5.11. The minimum absolute atomic E-state index is 0.762. The number of pyridine rings is 2. The number of hydrogen-bond acceptors (Lipinski definition) is 5. The van der Waals surface area contributed by atoms with Crippen molar-refractivity contribution in [2.24, 2.45) is 4.99 Å². The van der Waals surface area contributed by atoms with E-state index >= 15 is 0 Å². The van der Waals surface area contributed by atoms with Crippen molar-refractivity contribution in [1.82, 2.24) is 29.6 Å². The van der Waals surface area contributed by atoms with E-state index in [0.29, 0.717) is 0 Å². The van der Waals surface area contributed by atoms with Crippen LogP contribution in [0.15, 0.2) is 133 Å². The van der Waals surface area contributed by atoms with Crippen molar-refractivity contribution < 1.29 is 0 Å². The molecule has 0 aliphatic carbocycles. The van der Waals surface area contributed by atoms with E-state index in [9.17, 15) is 0 Å². The molecule has 0 aliphatic rings. The third-order valence-electron chi connectivity index (χ3n) is 8.96. The quantitative estimate of drug-likeness (QED) is 0.0672. The second kappa shape index (κ2) is 17.0. The molecule has 0 spiro atoms. The summed E-state index contributed by atoms with van der Waals surface area (Å²) in [7, 11) is 8.20. The summed E-state index contributed by atoms with van der Waals surface area (Å²) in [6, 6.07) is 41.4. The van der Waals surface area contributed by atoms with Crippen LogP contribution in [0, 0.1) is 0 Å².